The van der Waals surface area contributed by atoms with Gasteiger partial charge in [0.05, 0.1) is 4.92 Å². The molecule has 0 spiro atoms. The summed E-state index contributed by atoms with van der Waals surface area (Å²) in [6.07, 6.45) is 7.76. The number of nitrogens with zero attached hydrogens (tertiary/aromatic N) is 1. The Kier molecular flexibility index (Phi) is 5.19. The highest BCUT2D eigenvalue weighted by Gasteiger charge is 2.16. The van der Waals surface area contributed by atoms with Crippen molar-refractivity contribution in [1.29, 1.82) is 0 Å². The van der Waals surface area contributed by atoms with E-state index in [0.717, 1.165) is 23.4 Å². The largest absolute Gasteiger partial charge is 0.379 e. The van der Waals surface area contributed by atoms with E-state index in [4.69, 9.17) is 0 Å². The fourth-order valence-electron chi connectivity index (χ4n) is 2.69. The van der Waals surface area contributed by atoms with Gasteiger partial charge in [-0.3, -0.25) is 10.1 Å². The maximum absolute atomic E-state index is 11.0. The van der Waals surface area contributed by atoms with Crippen molar-refractivity contribution in [1.82, 2.24) is 0 Å². The average Bonchev–Trinajstić information content (AvgIpc) is 2.41. The second kappa shape index (κ2) is 6.89. The van der Waals surface area contributed by atoms with Crippen LogP contribution in [0.25, 0.3) is 0 Å². The van der Waals surface area contributed by atoms with Crippen molar-refractivity contribution >= 4 is 27.3 Å². The molecule has 0 atom stereocenters. The van der Waals surface area contributed by atoms with Gasteiger partial charge in [-0.1, -0.05) is 48.0 Å². The summed E-state index contributed by atoms with van der Waals surface area (Å²) in [7, 11) is 0. The summed E-state index contributed by atoms with van der Waals surface area (Å²) >= 11 is 3.26. The van der Waals surface area contributed by atoms with E-state index >= 15 is 0 Å². The normalized spacial score (nSPS) is 16.3. The van der Waals surface area contributed by atoms with Crippen LogP contribution in [0.3, 0.4) is 0 Å². The third-order valence-electron chi connectivity index (χ3n) is 3.75. The van der Waals surface area contributed by atoms with Gasteiger partial charge in [-0.25, -0.2) is 0 Å². The predicted molar refractivity (Wildman–Crippen MR) is 80.5 cm³/mol. The van der Waals surface area contributed by atoms with E-state index in [1.54, 1.807) is 12.1 Å². The number of halogens is 1. The standard InChI is InChI=1S/C14H19BrN2O2/c15-12-6-7-13(14(10-12)17(18)19)16-9-8-11-4-2-1-3-5-11/h6-7,10-11,16H,1-5,8-9H2. The molecule has 1 saturated carbocycles. The molecule has 0 heterocycles. The molecule has 0 aromatic heterocycles. The summed E-state index contributed by atoms with van der Waals surface area (Å²) in [5.74, 6) is 0.788. The second-order valence-electron chi connectivity index (χ2n) is 5.14. The Morgan fingerprint density at radius 3 is 2.74 bits per heavy atom. The zero-order valence-electron chi connectivity index (χ0n) is 10.9. The molecule has 1 aromatic carbocycles. The van der Waals surface area contributed by atoms with E-state index in [0.29, 0.717) is 5.69 Å². The molecule has 104 valence electrons. The summed E-state index contributed by atoms with van der Waals surface area (Å²) < 4.78 is 0.733. The van der Waals surface area contributed by atoms with Crippen LogP contribution in [0.2, 0.25) is 0 Å². The van der Waals surface area contributed by atoms with Gasteiger partial charge < -0.3 is 5.32 Å². The maximum atomic E-state index is 11.0. The molecule has 5 heteroatoms. The summed E-state index contributed by atoms with van der Waals surface area (Å²) in [5.41, 5.74) is 0.752. The fourth-order valence-corrected chi connectivity index (χ4v) is 3.04. The van der Waals surface area contributed by atoms with Crippen molar-refractivity contribution in [2.75, 3.05) is 11.9 Å². The van der Waals surface area contributed by atoms with E-state index in [1.165, 1.54) is 32.1 Å². The van der Waals surface area contributed by atoms with Gasteiger partial charge in [-0.05, 0) is 24.5 Å². The van der Waals surface area contributed by atoms with Gasteiger partial charge in [0.1, 0.15) is 5.69 Å². The number of nitro groups is 1. The molecule has 0 amide bonds. The third-order valence-corrected chi connectivity index (χ3v) is 4.24. The zero-order valence-corrected chi connectivity index (χ0v) is 12.5. The molecular formula is C14H19BrN2O2. The molecule has 1 aromatic rings. The highest BCUT2D eigenvalue weighted by atomic mass is 79.9. The molecule has 1 N–H and O–H groups in total. The van der Waals surface area contributed by atoms with Gasteiger partial charge in [0.2, 0.25) is 0 Å². The number of hydrogen-bond donors (Lipinski definition) is 1. The summed E-state index contributed by atoms with van der Waals surface area (Å²) in [6, 6.07) is 5.14. The molecule has 2 rings (SSSR count). The van der Waals surface area contributed by atoms with E-state index in [9.17, 15) is 10.1 Å². The highest BCUT2D eigenvalue weighted by Crippen LogP contribution is 2.29. The average molecular weight is 327 g/mol. The van der Waals surface area contributed by atoms with Gasteiger partial charge in [-0.2, -0.15) is 0 Å². The fraction of sp³-hybridized carbons (Fsp3) is 0.571. The molecule has 0 unspecified atom stereocenters. The van der Waals surface area contributed by atoms with Crippen molar-refractivity contribution in [3.63, 3.8) is 0 Å². The molecule has 0 bridgehead atoms. The topological polar surface area (TPSA) is 55.2 Å². The number of hydrogen-bond acceptors (Lipinski definition) is 3. The van der Waals surface area contributed by atoms with Crippen LogP contribution in [0, 0.1) is 16.0 Å². The van der Waals surface area contributed by atoms with Gasteiger partial charge in [-0.15, -0.1) is 0 Å². The lowest BCUT2D eigenvalue weighted by atomic mass is 9.87. The minimum Gasteiger partial charge on any atom is -0.379 e. The molecule has 1 aliphatic carbocycles. The van der Waals surface area contributed by atoms with Gasteiger partial charge >= 0.3 is 0 Å². The van der Waals surface area contributed by atoms with Gasteiger partial charge in [0.25, 0.3) is 5.69 Å². The number of rotatable bonds is 5. The van der Waals surface area contributed by atoms with Crippen LogP contribution in [0.4, 0.5) is 11.4 Å². The lowest BCUT2D eigenvalue weighted by molar-refractivity contribution is -0.384. The van der Waals surface area contributed by atoms with Crippen LogP contribution < -0.4 is 5.32 Å². The van der Waals surface area contributed by atoms with Crippen molar-refractivity contribution in [2.45, 2.75) is 38.5 Å². The SMILES string of the molecule is O=[N+]([O-])c1cc(Br)ccc1NCCC1CCCCC1. The van der Waals surface area contributed by atoms with Crippen LogP contribution in [-0.4, -0.2) is 11.5 Å². The lowest BCUT2D eigenvalue weighted by Gasteiger charge is -2.21. The number of nitrogens with one attached hydrogen (secondary N) is 1. The van der Waals surface area contributed by atoms with E-state index < -0.39 is 0 Å². The van der Waals surface area contributed by atoms with Gasteiger partial charge in [0, 0.05) is 17.1 Å². The molecule has 19 heavy (non-hydrogen) atoms. The number of nitro benzene ring substituents is 1. The first kappa shape index (κ1) is 14.3. The number of anilines is 1. The summed E-state index contributed by atoms with van der Waals surface area (Å²) in [4.78, 5) is 10.6. The number of benzene rings is 1. The third kappa shape index (κ3) is 4.20. The summed E-state index contributed by atoms with van der Waals surface area (Å²) in [5, 5.41) is 14.2. The van der Waals surface area contributed by atoms with Crippen molar-refractivity contribution in [3.8, 4) is 0 Å². The van der Waals surface area contributed by atoms with Crippen LogP contribution in [-0.2, 0) is 0 Å². The Bertz CT molecular complexity index is 445. The minimum absolute atomic E-state index is 0.137. The Labute approximate surface area is 121 Å². The Morgan fingerprint density at radius 2 is 2.05 bits per heavy atom. The molecule has 1 aliphatic rings. The van der Waals surface area contributed by atoms with E-state index in [1.807, 2.05) is 6.07 Å². The first-order valence-electron chi connectivity index (χ1n) is 6.84. The van der Waals surface area contributed by atoms with Crippen LogP contribution in [0.5, 0.6) is 0 Å². The first-order valence-corrected chi connectivity index (χ1v) is 7.64. The Hall–Kier alpha value is -1.10. The monoisotopic (exact) mass is 326 g/mol. The van der Waals surface area contributed by atoms with Crippen LogP contribution >= 0.6 is 15.9 Å². The van der Waals surface area contributed by atoms with Crippen molar-refractivity contribution in [3.05, 3.63) is 32.8 Å². The Balaban J connectivity index is 1.89. The smallest absolute Gasteiger partial charge is 0.293 e. The summed E-state index contributed by atoms with van der Waals surface area (Å²) in [6.45, 7) is 0.813. The lowest BCUT2D eigenvalue weighted by Crippen LogP contribution is -2.12. The molecule has 1 fully saturated rings. The molecule has 0 saturated heterocycles. The highest BCUT2D eigenvalue weighted by molar-refractivity contribution is 9.10. The second-order valence-corrected chi connectivity index (χ2v) is 6.05. The maximum Gasteiger partial charge on any atom is 0.293 e. The first-order chi connectivity index (χ1) is 9.16. The van der Waals surface area contributed by atoms with Gasteiger partial charge in [0.15, 0.2) is 0 Å². The van der Waals surface area contributed by atoms with Crippen molar-refractivity contribution < 1.29 is 4.92 Å². The minimum atomic E-state index is -0.340. The van der Waals surface area contributed by atoms with E-state index in [2.05, 4.69) is 21.2 Å². The molecular weight excluding hydrogens is 308 g/mol. The quantitative estimate of drug-likeness (QED) is 0.628. The van der Waals surface area contributed by atoms with Crippen LogP contribution in [0.1, 0.15) is 38.5 Å². The molecule has 0 radical (unpaired) electrons. The zero-order chi connectivity index (χ0) is 13.7. The van der Waals surface area contributed by atoms with Crippen molar-refractivity contribution in [2.24, 2.45) is 5.92 Å². The Morgan fingerprint density at radius 1 is 1.32 bits per heavy atom. The molecule has 0 aliphatic heterocycles. The molecule has 4 nitrogen and oxygen atoms in total. The predicted octanol–water partition coefficient (Wildman–Crippen LogP) is 4.74. The van der Waals surface area contributed by atoms with Crippen LogP contribution in [0.15, 0.2) is 22.7 Å². The van der Waals surface area contributed by atoms with E-state index in [-0.39, 0.29) is 10.6 Å².